The molecule has 0 spiro atoms. The number of rotatable bonds is 10. The lowest BCUT2D eigenvalue weighted by molar-refractivity contribution is -0.122. The molecule has 11 heteroatoms. The molecule has 2 heterocycles. The van der Waals surface area contributed by atoms with Crippen molar-refractivity contribution in [2.75, 3.05) is 5.32 Å². The number of nitrogens with one attached hydrogen (secondary N) is 2. The molecule has 4 aromatic rings. The molecule has 0 fully saturated rings. The summed E-state index contributed by atoms with van der Waals surface area (Å²) in [6.45, 7) is 3.47. The molecule has 0 bridgehead atoms. The number of carbonyl (C=O) groups is 3. The quantitative estimate of drug-likeness (QED) is 0.212. The Bertz CT molecular complexity index is 1660. The molecule has 0 saturated heterocycles. The van der Waals surface area contributed by atoms with Crippen molar-refractivity contribution in [2.45, 2.75) is 33.4 Å². The number of halogens is 2. The molecule has 0 radical (unpaired) electrons. The fourth-order valence-corrected chi connectivity index (χ4v) is 4.53. The fraction of sp³-hybridized carbons (Fsp3) is 0.167. The summed E-state index contributed by atoms with van der Waals surface area (Å²) in [5, 5.41) is 7.05. The Labute approximate surface area is 246 Å². The lowest BCUT2D eigenvalue weighted by Crippen LogP contribution is -2.26. The van der Waals surface area contributed by atoms with Gasteiger partial charge in [0.1, 0.15) is 23.7 Å². The molecule has 0 aliphatic rings. The number of anilines is 1. The summed E-state index contributed by atoms with van der Waals surface area (Å²) in [6.07, 6.45) is 2.68. The van der Waals surface area contributed by atoms with E-state index in [2.05, 4.69) is 20.6 Å². The minimum atomic E-state index is -0.742. The van der Waals surface area contributed by atoms with E-state index in [0.717, 1.165) is 16.6 Å². The molecule has 0 atom stereocenters. The third-order valence-corrected chi connectivity index (χ3v) is 6.86. The summed E-state index contributed by atoms with van der Waals surface area (Å²) in [7, 11) is 0. The Balaban J connectivity index is 1.42. The molecular formula is C30H27Cl2N5O4. The molecule has 0 unspecified atom stereocenters. The summed E-state index contributed by atoms with van der Waals surface area (Å²) in [6, 6.07) is 16.2. The summed E-state index contributed by atoms with van der Waals surface area (Å²) in [5.74, 6) is -0.468. The highest BCUT2D eigenvalue weighted by atomic mass is 35.5. The maximum Gasteiger partial charge on any atom is 0.245 e. The van der Waals surface area contributed by atoms with Crippen molar-refractivity contribution in [1.82, 2.24) is 15.3 Å². The topological polar surface area (TPSA) is 136 Å². The molecule has 4 rings (SSSR count). The Morgan fingerprint density at radius 2 is 1.85 bits per heavy atom. The van der Waals surface area contributed by atoms with E-state index < -0.39 is 11.8 Å². The Hall–Kier alpha value is -4.47. The minimum Gasteiger partial charge on any atom is -0.487 e. The van der Waals surface area contributed by atoms with Crippen LogP contribution in [0.2, 0.25) is 10.0 Å². The van der Waals surface area contributed by atoms with Gasteiger partial charge in [-0.05, 0) is 54.5 Å². The number of benzene rings is 2. The SMILES string of the molecule is CC(=O)Nc1ccc(/C=C(/CC(=O)NCc2ccc(Cl)c(COc3cccc4ccc(C)nc34)c2Cl)C(N)=O)cn1. The smallest absolute Gasteiger partial charge is 0.245 e. The van der Waals surface area contributed by atoms with Crippen LogP contribution < -0.4 is 21.1 Å². The summed E-state index contributed by atoms with van der Waals surface area (Å²) in [4.78, 5) is 44.5. The highest BCUT2D eigenvalue weighted by Gasteiger charge is 2.16. The van der Waals surface area contributed by atoms with Gasteiger partial charge in [-0.25, -0.2) is 9.97 Å². The molecule has 2 aromatic carbocycles. The molecule has 9 nitrogen and oxygen atoms in total. The highest BCUT2D eigenvalue weighted by molar-refractivity contribution is 6.36. The molecule has 0 aliphatic heterocycles. The van der Waals surface area contributed by atoms with E-state index in [-0.39, 0.29) is 31.1 Å². The van der Waals surface area contributed by atoms with Gasteiger partial charge in [-0.3, -0.25) is 14.4 Å². The first kappa shape index (κ1) is 29.5. The van der Waals surface area contributed by atoms with Crippen LogP contribution in [0.3, 0.4) is 0 Å². The number of para-hydroxylation sites is 1. The Morgan fingerprint density at radius 1 is 1.05 bits per heavy atom. The number of aromatic nitrogens is 2. The molecule has 2 aromatic heterocycles. The van der Waals surface area contributed by atoms with E-state index in [4.69, 9.17) is 33.7 Å². The minimum absolute atomic E-state index is 0.0896. The number of hydrogen-bond donors (Lipinski definition) is 3. The van der Waals surface area contributed by atoms with Gasteiger partial charge < -0.3 is 21.1 Å². The standard InChI is InChI=1S/C30H27Cl2N5O4/c1-17-6-8-20-4-3-5-25(29(20)36-17)41-16-23-24(31)10-9-21(28(23)32)15-35-27(39)13-22(30(33)40)12-19-7-11-26(34-14-19)37-18(2)38/h3-12,14H,13,15-16H2,1-2H3,(H2,33,40)(H,35,39)(H,34,37,38)/b22-12-. The number of nitrogens with two attached hydrogens (primary N) is 1. The van der Waals surface area contributed by atoms with Gasteiger partial charge in [0.25, 0.3) is 0 Å². The summed E-state index contributed by atoms with van der Waals surface area (Å²) < 4.78 is 6.06. The second-order valence-corrected chi connectivity index (χ2v) is 10.00. The maximum absolute atomic E-state index is 12.7. The van der Waals surface area contributed by atoms with Gasteiger partial charge in [-0.2, -0.15) is 0 Å². The number of ether oxygens (including phenoxy) is 1. The first-order valence-corrected chi connectivity index (χ1v) is 13.3. The van der Waals surface area contributed by atoms with Crippen molar-refractivity contribution in [2.24, 2.45) is 5.73 Å². The van der Waals surface area contributed by atoms with E-state index in [1.807, 2.05) is 37.3 Å². The van der Waals surface area contributed by atoms with Crippen LogP contribution in [-0.4, -0.2) is 27.7 Å². The second-order valence-electron chi connectivity index (χ2n) is 9.21. The number of nitrogens with zero attached hydrogens (tertiary/aromatic N) is 2. The average Bonchev–Trinajstić information content (AvgIpc) is 2.93. The van der Waals surface area contributed by atoms with E-state index in [1.165, 1.54) is 19.2 Å². The van der Waals surface area contributed by atoms with Gasteiger partial charge in [-0.15, -0.1) is 0 Å². The van der Waals surface area contributed by atoms with Crippen molar-refractivity contribution in [3.8, 4) is 5.75 Å². The zero-order valence-electron chi connectivity index (χ0n) is 22.3. The zero-order valence-corrected chi connectivity index (χ0v) is 23.8. The normalized spacial score (nSPS) is 11.3. The monoisotopic (exact) mass is 591 g/mol. The van der Waals surface area contributed by atoms with Crippen LogP contribution in [0.1, 0.15) is 35.7 Å². The average molecular weight is 592 g/mol. The van der Waals surface area contributed by atoms with E-state index in [1.54, 1.807) is 24.3 Å². The molecule has 3 amide bonds. The van der Waals surface area contributed by atoms with Crippen LogP contribution in [0.4, 0.5) is 5.82 Å². The first-order chi connectivity index (χ1) is 19.6. The fourth-order valence-electron chi connectivity index (χ4n) is 3.98. The number of aryl methyl sites for hydroxylation is 1. The third-order valence-electron chi connectivity index (χ3n) is 6.04. The van der Waals surface area contributed by atoms with E-state index in [0.29, 0.717) is 38.3 Å². The van der Waals surface area contributed by atoms with Gasteiger partial charge in [0.05, 0.1) is 11.4 Å². The van der Waals surface area contributed by atoms with Crippen LogP contribution in [0, 0.1) is 6.92 Å². The number of primary amides is 1. The number of carbonyl (C=O) groups excluding carboxylic acids is 3. The zero-order chi connectivity index (χ0) is 29.5. The first-order valence-electron chi connectivity index (χ1n) is 12.6. The summed E-state index contributed by atoms with van der Waals surface area (Å²) in [5.41, 5.74) is 8.93. The van der Waals surface area contributed by atoms with Crippen molar-refractivity contribution in [3.05, 3.63) is 98.8 Å². The van der Waals surface area contributed by atoms with Crippen molar-refractivity contribution < 1.29 is 19.1 Å². The van der Waals surface area contributed by atoms with Gasteiger partial charge in [-0.1, -0.05) is 47.5 Å². The van der Waals surface area contributed by atoms with E-state index in [9.17, 15) is 14.4 Å². The van der Waals surface area contributed by atoms with Crippen molar-refractivity contribution in [1.29, 1.82) is 0 Å². The maximum atomic E-state index is 12.7. The lowest BCUT2D eigenvalue weighted by atomic mass is 10.1. The van der Waals surface area contributed by atoms with Crippen LogP contribution in [-0.2, 0) is 27.5 Å². The van der Waals surface area contributed by atoms with Crippen molar-refractivity contribution in [3.63, 3.8) is 0 Å². The number of amides is 3. The molecule has 4 N–H and O–H groups in total. The molecule has 210 valence electrons. The predicted octanol–water partition coefficient (Wildman–Crippen LogP) is 5.36. The number of hydrogen-bond acceptors (Lipinski definition) is 6. The van der Waals surface area contributed by atoms with Gasteiger partial charge >= 0.3 is 0 Å². The van der Waals surface area contributed by atoms with Crippen LogP contribution in [0.5, 0.6) is 5.75 Å². The highest BCUT2D eigenvalue weighted by Crippen LogP contribution is 2.31. The summed E-state index contributed by atoms with van der Waals surface area (Å²) >= 11 is 13.1. The second kappa shape index (κ2) is 13.3. The largest absolute Gasteiger partial charge is 0.487 e. The number of pyridine rings is 2. The van der Waals surface area contributed by atoms with Crippen LogP contribution >= 0.6 is 23.2 Å². The lowest BCUT2D eigenvalue weighted by Gasteiger charge is -2.15. The van der Waals surface area contributed by atoms with Crippen LogP contribution in [0.25, 0.3) is 17.0 Å². The van der Waals surface area contributed by atoms with Crippen LogP contribution in [0.15, 0.2) is 66.4 Å². The van der Waals surface area contributed by atoms with Gasteiger partial charge in [0.15, 0.2) is 0 Å². The molecular weight excluding hydrogens is 565 g/mol. The Kier molecular flexibility index (Phi) is 9.54. The Morgan fingerprint density at radius 3 is 2.56 bits per heavy atom. The van der Waals surface area contributed by atoms with Gasteiger partial charge in [0.2, 0.25) is 17.7 Å². The molecule has 0 aliphatic carbocycles. The third kappa shape index (κ3) is 7.81. The molecule has 0 saturated carbocycles. The predicted molar refractivity (Wildman–Crippen MR) is 159 cm³/mol. The van der Waals surface area contributed by atoms with E-state index >= 15 is 0 Å². The molecule has 41 heavy (non-hydrogen) atoms. The van der Waals surface area contributed by atoms with Crippen molar-refractivity contribution >= 4 is 63.7 Å². The number of fused-ring (bicyclic) bond motifs is 1. The van der Waals surface area contributed by atoms with Gasteiger partial charge in [0, 0.05) is 46.9 Å².